The molecule has 1 aliphatic rings. The number of sulfonamides is 1. The van der Waals surface area contributed by atoms with Gasteiger partial charge in [-0.25, -0.2) is 8.42 Å². The molecular formula is C21H26N2O5S. The van der Waals surface area contributed by atoms with Crippen molar-refractivity contribution in [3.05, 3.63) is 53.6 Å². The van der Waals surface area contributed by atoms with Gasteiger partial charge in [0.05, 0.1) is 18.6 Å². The van der Waals surface area contributed by atoms with E-state index in [1.165, 1.54) is 4.31 Å². The molecule has 2 aromatic carbocycles. The Hall–Kier alpha value is -2.58. The molecule has 0 spiro atoms. The van der Waals surface area contributed by atoms with Gasteiger partial charge in [-0.05, 0) is 67.8 Å². The van der Waals surface area contributed by atoms with Crippen LogP contribution in [-0.4, -0.2) is 52.0 Å². The van der Waals surface area contributed by atoms with Crippen LogP contribution in [0.4, 0.5) is 0 Å². The molecule has 0 aromatic heterocycles. The van der Waals surface area contributed by atoms with Crippen LogP contribution in [0.3, 0.4) is 0 Å². The van der Waals surface area contributed by atoms with E-state index in [4.69, 9.17) is 9.47 Å². The lowest BCUT2D eigenvalue weighted by Gasteiger charge is -2.15. The number of methoxy groups -OCH3 is 1. The number of benzene rings is 2. The van der Waals surface area contributed by atoms with Crippen molar-refractivity contribution in [3.8, 4) is 11.5 Å². The molecule has 1 N–H and O–H groups in total. The van der Waals surface area contributed by atoms with Crippen molar-refractivity contribution in [2.45, 2.75) is 24.7 Å². The molecule has 156 valence electrons. The Morgan fingerprint density at radius 3 is 2.41 bits per heavy atom. The van der Waals surface area contributed by atoms with E-state index in [1.54, 1.807) is 49.6 Å². The summed E-state index contributed by atoms with van der Waals surface area (Å²) in [6.45, 7) is 3.64. The number of amides is 1. The number of aryl methyl sites for hydroxylation is 1. The highest BCUT2D eigenvalue weighted by molar-refractivity contribution is 7.89. The minimum atomic E-state index is -3.42. The number of nitrogens with zero attached hydrogens (tertiary/aromatic N) is 1. The van der Waals surface area contributed by atoms with Gasteiger partial charge in [0.1, 0.15) is 18.1 Å². The van der Waals surface area contributed by atoms with Crippen molar-refractivity contribution in [3.63, 3.8) is 0 Å². The zero-order chi connectivity index (χ0) is 20.9. The number of carbonyl (C=O) groups is 1. The molecule has 2 aromatic rings. The summed E-state index contributed by atoms with van der Waals surface area (Å²) in [4.78, 5) is 12.5. The number of hydrogen-bond acceptors (Lipinski definition) is 5. The lowest BCUT2D eigenvalue weighted by Crippen LogP contribution is -2.28. The average molecular weight is 419 g/mol. The molecule has 1 saturated heterocycles. The minimum absolute atomic E-state index is 0.189. The molecule has 0 unspecified atom stereocenters. The van der Waals surface area contributed by atoms with E-state index >= 15 is 0 Å². The molecule has 3 rings (SSSR count). The summed E-state index contributed by atoms with van der Waals surface area (Å²) in [5.41, 5.74) is 1.44. The molecule has 1 aliphatic heterocycles. The molecule has 29 heavy (non-hydrogen) atoms. The predicted octanol–water partition coefficient (Wildman–Crippen LogP) is 2.60. The Kier molecular flexibility index (Phi) is 6.76. The van der Waals surface area contributed by atoms with Crippen LogP contribution in [0.5, 0.6) is 11.5 Å². The Bertz CT molecular complexity index is 952. The fourth-order valence-corrected chi connectivity index (χ4v) is 4.76. The molecule has 0 saturated carbocycles. The number of carbonyl (C=O) groups excluding carboxylic acids is 1. The quantitative estimate of drug-likeness (QED) is 0.666. The number of rotatable bonds is 8. The Morgan fingerprint density at radius 2 is 1.79 bits per heavy atom. The second-order valence-corrected chi connectivity index (χ2v) is 8.81. The third-order valence-electron chi connectivity index (χ3n) is 4.84. The fourth-order valence-electron chi connectivity index (χ4n) is 3.24. The van der Waals surface area contributed by atoms with Gasteiger partial charge in [-0.3, -0.25) is 4.79 Å². The summed E-state index contributed by atoms with van der Waals surface area (Å²) in [7, 11) is -1.83. The predicted molar refractivity (Wildman–Crippen MR) is 110 cm³/mol. The average Bonchev–Trinajstić information content (AvgIpc) is 3.27. The maximum Gasteiger partial charge on any atom is 0.251 e. The smallest absolute Gasteiger partial charge is 0.251 e. The Morgan fingerprint density at radius 1 is 1.10 bits per heavy atom. The molecule has 0 radical (unpaired) electrons. The summed E-state index contributed by atoms with van der Waals surface area (Å²) in [6, 6.07) is 11.6. The van der Waals surface area contributed by atoms with E-state index in [1.807, 2.05) is 6.92 Å². The molecule has 0 bridgehead atoms. The molecule has 0 aliphatic carbocycles. The third kappa shape index (κ3) is 5.07. The normalized spacial score (nSPS) is 14.6. The second kappa shape index (κ2) is 9.28. The highest BCUT2D eigenvalue weighted by Crippen LogP contribution is 2.23. The highest BCUT2D eigenvalue weighted by Gasteiger charge is 2.26. The highest BCUT2D eigenvalue weighted by atomic mass is 32.2. The van der Waals surface area contributed by atoms with E-state index < -0.39 is 10.0 Å². The summed E-state index contributed by atoms with van der Waals surface area (Å²) in [5.74, 6) is 1.10. The van der Waals surface area contributed by atoms with Crippen molar-refractivity contribution < 1.29 is 22.7 Å². The molecule has 1 amide bonds. The van der Waals surface area contributed by atoms with Gasteiger partial charge in [0.2, 0.25) is 10.0 Å². The van der Waals surface area contributed by atoms with Crippen LogP contribution >= 0.6 is 0 Å². The van der Waals surface area contributed by atoms with Crippen LogP contribution in [0, 0.1) is 6.92 Å². The van der Waals surface area contributed by atoms with Gasteiger partial charge in [-0.1, -0.05) is 0 Å². The first-order valence-electron chi connectivity index (χ1n) is 9.57. The van der Waals surface area contributed by atoms with Crippen molar-refractivity contribution in [2.75, 3.05) is 33.4 Å². The van der Waals surface area contributed by atoms with Crippen LogP contribution in [-0.2, 0) is 10.0 Å². The molecule has 0 atom stereocenters. The summed E-state index contributed by atoms with van der Waals surface area (Å²) >= 11 is 0. The second-order valence-electron chi connectivity index (χ2n) is 6.87. The number of ether oxygens (including phenoxy) is 2. The molecule has 1 heterocycles. The lowest BCUT2D eigenvalue weighted by molar-refractivity contribution is 0.0947. The van der Waals surface area contributed by atoms with Crippen LogP contribution in [0.2, 0.25) is 0 Å². The van der Waals surface area contributed by atoms with Crippen LogP contribution in [0.1, 0.15) is 28.8 Å². The maximum absolute atomic E-state index is 12.5. The fraction of sp³-hybridized carbons (Fsp3) is 0.381. The Labute approximate surface area is 171 Å². The molecule has 8 heteroatoms. The first-order chi connectivity index (χ1) is 13.9. The van der Waals surface area contributed by atoms with Gasteiger partial charge < -0.3 is 14.8 Å². The number of nitrogens with one attached hydrogen (secondary N) is 1. The van der Waals surface area contributed by atoms with Crippen LogP contribution in [0.25, 0.3) is 0 Å². The van der Waals surface area contributed by atoms with E-state index in [0.717, 1.165) is 24.2 Å². The van der Waals surface area contributed by atoms with Crippen LogP contribution < -0.4 is 14.8 Å². The first kappa shape index (κ1) is 21.1. The van der Waals surface area contributed by atoms with Gasteiger partial charge in [-0.2, -0.15) is 4.31 Å². The largest absolute Gasteiger partial charge is 0.496 e. The van der Waals surface area contributed by atoms with E-state index in [0.29, 0.717) is 30.9 Å². The standard InChI is InChI=1S/C21H26N2O5S/c1-16-15-17(5-10-20(16)27-2)21(24)22-11-14-28-18-6-8-19(9-7-18)29(25,26)23-12-3-4-13-23/h5-10,15H,3-4,11-14H2,1-2H3,(H,22,24). The summed E-state index contributed by atoms with van der Waals surface area (Å²) in [6.07, 6.45) is 1.81. The molecular weight excluding hydrogens is 392 g/mol. The zero-order valence-electron chi connectivity index (χ0n) is 16.7. The summed E-state index contributed by atoms with van der Waals surface area (Å²) in [5, 5.41) is 2.80. The minimum Gasteiger partial charge on any atom is -0.496 e. The lowest BCUT2D eigenvalue weighted by atomic mass is 10.1. The Balaban J connectivity index is 1.48. The van der Waals surface area contributed by atoms with Gasteiger partial charge in [-0.15, -0.1) is 0 Å². The van der Waals surface area contributed by atoms with Crippen LogP contribution in [0.15, 0.2) is 47.4 Å². The van der Waals surface area contributed by atoms with E-state index in [-0.39, 0.29) is 17.4 Å². The van der Waals surface area contributed by atoms with E-state index in [9.17, 15) is 13.2 Å². The van der Waals surface area contributed by atoms with Gasteiger partial charge in [0.25, 0.3) is 5.91 Å². The topological polar surface area (TPSA) is 84.9 Å². The first-order valence-corrected chi connectivity index (χ1v) is 11.0. The zero-order valence-corrected chi connectivity index (χ0v) is 17.5. The van der Waals surface area contributed by atoms with Gasteiger partial charge in [0, 0.05) is 18.7 Å². The SMILES string of the molecule is COc1ccc(C(=O)NCCOc2ccc(S(=O)(=O)N3CCCC3)cc2)cc1C. The molecule has 7 nitrogen and oxygen atoms in total. The third-order valence-corrected chi connectivity index (χ3v) is 6.75. The summed E-state index contributed by atoms with van der Waals surface area (Å²) < 4.78 is 37.3. The van der Waals surface area contributed by atoms with Crippen molar-refractivity contribution in [2.24, 2.45) is 0 Å². The van der Waals surface area contributed by atoms with Crippen molar-refractivity contribution in [1.29, 1.82) is 0 Å². The van der Waals surface area contributed by atoms with Gasteiger partial charge in [0.15, 0.2) is 0 Å². The molecule has 1 fully saturated rings. The van der Waals surface area contributed by atoms with E-state index in [2.05, 4.69) is 5.32 Å². The van der Waals surface area contributed by atoms with Gasteiger partial charge >= 0.3 is 0 Å². The van der Waals surface area contributed by atoms with Crippen molar-refractivity contribution in [1.82, 2.24) is 9.62 Å². The maximum atomic E-state index is 12.5. The van der Waals surface area contributed by atoms with Crippen molar-refractivity contribution >= 4 is 15.9 Å². The number of hydrogen-bond donors (Lipinski definition) is 1. The monoisotopic (exact) mass is 418 g/mol.